The van der Waals surface area contributed by atoms with Crippen molar-refractivity contribution in [2.45, 2.75) is 6.92 Å². The Morgan fingerprint density at radius 2 is 1.76 bits per heavy atom. The third-order valence-electron chi connectivity index (χ3n) is 5.27. The van der Waals surface area contributed by atoms with Crippen LogP contribution in [0.2, 0.25) is 5.02 Å². The van der Waals surface area contributed by atoms with Crippen molar-refractivity contribution in [1.29, 1.82) is 0 Å². The molecule has 38 heavy (non-hydrogen) atoms. The molecule has 0 aromatic heterocycles. The number of aryl methyl sites for hydroxylation is 1. The van der Waals surface area contributed by atoms with Gasteiger partial charge in [0.05, 0.1) is 15.6 Å². The van der Waals surface area contributed by atoms with E-state index in [4.69, 9.17) is 16.3 Å². The second-order valence-corrected chi connectivity index (χ2v) is 9.59. The normalized spacial score (nSPS) is 14.1. The smallest absolute Gasteiger partial charge is 0.294 e. The summed E-state index contributed by atoms with van der Waals surface area (Å²) in [6.07, 6.45) is 1.48. The number of carbonyl (C=O) groups is 4. The maximum Gasteiger partial charge on any atom is 0.294 e. The van der Waals surface area contributed by atoms with E-state index < -0.39 is 41.9 Å². The summed E-state index contributed by atoms with van der Waals surface area (Å²) in [5.74, 6) is -2.04. The Balaban J connectivity index is 1.35. The fraction of sp³-hybridized carbons (Fsp3) is 0.111. The molecule has 1 fully saturated rings. The number of carbonyl (C=O) groups excluding carboxylic acids is 4. The Hall–Kier alpha value is -4.15. The van der Waals surface area contributed by atoms with Crippen LogP contribution in [0.3, 0.4) is 0 Å². The zero-order valence-corrected chi connectivity index (χ0v) is 21.6. The molecule has 1 aliphatic heterocycles. The number of halogens is 2. The Morgan fingerprint density at radius 1 is 1.03 bits per heavy atom. The van der Waals surface area contributed by atoms with Gasteiger partial charge in [0.1, 0.15) is 18.1 Å². The molecule has 1 saturated heterocycles. The van der Waals surface area contributed by atoms with Gasteiger partial charge in [-0.2, -0.15) is 0 Å². The van der Waals surface area contributed by atoms with Crippen molar-refractivity contribution in [3.05, 3.63) is 93.6 Å². The largest absolute Gasteiger partial charge is 0.482 e. The maximum atomic E-state index is 13.7. The van der Waals surface area contributed by atoms with E-state index >= 15 is 0 Å². The summed E-state index contributed by atoms with van der Waals surface area (Å²) in [6.45, 7) is 1.09. The molecule has 4 amide bonds. The van der Waals surface area contributed by atoms with Gasteiger partial charge in [-0.1, -0.05) is 47.5 Å². The molecule has 0 saturated carbocycles. The molecule has 8 nitrogen and oxygen atoms in total. The molecule has 0 spiro atoms. The van der Waals surface area contributed by atoms with Crippen molar-refractivity contribution >= 4 is 63.8 Å². The summed E-state index contributed by atoms with van der Waals surface area (Å²) in [7, 11) is 0. The minimum absolute atomic E-state index is 0.0316. The number of imide groups is 1. The van der Waals surface area contributed by atoms with E-state index in [-0.39, 0.29) is 21.4 Å². The second kappa shape index (κ2) is 11.9. The number of nitrogens with zero attached hydrogens (tertiary/aromatic N) is 1. The molecular weight excluding hydrogens is 533 g/mol. The number of hydrogen-bond acceptors (Lipinski definition) is 6. The van der Waals surface area contributed by atoms with Crippen LogP contribution >= 0.6 is 23.4 Å². The molecule has 0 bridgehead atoms. The zero-order valence-electron chi connectivity index (χ0n) is 20.0. The van der Waals surface area contributed by atoms with Gasteiger partial charge >= 0.3 is 0 Å². The van der Waals surface area contributed by atoms with E-state index in [1.807, 2.05) is 19.1 Å². The van der Waals surface area contributed by atoms with Crippen LogP contribution in [0.5, 0.6) is 5.75 Å². The molecule has 2 N–H and O–H groups in total. The quantitative estimate of drug-likeness (QED) is 0.358. The summed E-state index contributed by atoms with van der Waals surface area (Å²) in [6, 6.07) is 17.5. The van der Waals surface area contributed by atoms with Crippen LogP contribution in [0.4, 0.5) is 20.6 Å². The van der Waals surface area contributed by atoms with Crippen LogP contribution in [0, 0.1) is 12.7 Å². The summed E-state index contributed by atoms with van der Waals surface area (Å²) < 4.78 is 19.1. The number of amides is 4. The third kappa shape index (κ3) is 6.78. The molecule has 0 unspecified atom stereocenters. The van der Waals surface area contributed by atoms with Gasteiger partial charge in [0.15, 0.2) is 6.61 Å². The third-order valence-corrected chi connectivity index (χ3v) is 6.47. The highest BCUT2D eigenvalue weighted by molar-refractivity contribution is 8.18. The Labute approximate surface area is 226 Å². The summed E-state index contributed by atoms with van der Waals surface area (Å²) in [4.78, 5) is 50.6. The predicted octanol–water partition coefficient (Wildman–Crippen LogP) is 5.48. The van der Waals surface area contributed by atoms with Crippen molar-refractivity contribution in [3.63, 3.8) is 0 Å². The Bertz CT molecular complexity index is 1440. The average Bonchev–Trinajstić information content (AvgIpc) is 3.13. The summed E-state index contributed by atoms with van der Waals surface area (Å²) >= 11 is 6.98. The van der Waals surface area contributed by atoms with Crippen molar-refractivity contribution in [2.24, 2.45) is 0 Å². The van der Waals surface area contributed by atoms with Crippen molar-refractivity contribution < 1.29 is 28.3 Å². The molecule has 3 aromatic rings. The van der Waals surface area contributed by atoms with Crippen LogP contribution in [-0.4, -0.2) is 41.0 Å². The van der Waals surface area contributed by atoms with Crippen LogP contribution in [0.25, 0.3) is 6.08 Å². The molecule has 0 radical (unpaired) electrons. The van der Waals surface area contributed by atoms with E-state index in [9.17, 15) is 23.6 Å². The van der Waals surface area contributed by atoms with Gasteiger partial charge in [-0.3, -0.25) is 24.1 Å². The number of rotatable bonds is 8. The van der Waals surface area contributed by atoms with Gasteiger partial charge in [0, 0.05) is 5.69 Å². The predicted molar refractivity (Wildman–Crippen MR) is 144 cm³/mol. The van der Waals surface area contributed by atoms with E-state index in [2.05, 4.69) is 10.6 Å². The monoisotopic (exact) mass is 553 g/mol. The second-order valence-electron chi connectivity index (χ2n) is 8.19. The highest BCUT2D eigenvalue weighted by Crippen LogP contribution is 2.33. The number of benzene rings is 3. The van der Waals surface area contributed by atoms with Crippen LogP contribution in [0.15, 0.2) is 71.6 Å². The standard InChI is InChI=1S/C27H21ClFN3O5S/c1-16-6-9-18(10-7-16)30-24(33)14-32-26(35)23(38-27(32)36)13-17-8-11-22(19(28)12-17)37-15-25(34)31-21-5-3-2-4-20(21)29/h2-13H,14-15H2,1H3,(H,30,33)(H,31,34)/b23-13-. The lowest BCUT2D eigenvalue weighted by Gasteiger charge is -2.12. The van der Waals surface area contributed by atoms with Gasteiger partial charge < -0.3 is 15.4 Å². The van der Waals surface area contributed by atoms with Crippen molar-refractivity contribution in [2.75, 3.05) is 23.8 Å². The van der Waals surface area contributed by atoms with Crippen LogP contribution in [-0.2, 0) is 14.4 Å². The first-order valence-corrected chi connectivity index (χ1v) is 12.5. The van der Waals surface area contributed by atoms with Crippen LogP contribution in [0.1, 0.15) is 11.1 Å². The molecule has 4 rings (SSSR count). The molecular formula is C27H21ClFN3O5S. The van der Waals surface area contributed by atoms with Crippen molar-refractivity contribution in [1.82, 2.24) is 4.90 Å². The van der Waals surface area contributed by atoms with Gasteiger partial charge in [0.25, 0.3) is 17.1 Å². The van der Waals surface area contributed by atoms with E-state index in [0.29, 0.717) is 23.0 Å². The van der Waals surface area contributed by atoms with E-state index in [0.717, 1.165) is 10.5 Å². The maximum absolute atomic E-state index is 13.7. The summed E-state index contributed by atoms with van der Waals surface area (Å²) in [5, 5.41) is 4.66. The summed E-state index contributed by atoms with van der Waals surface area (Å²) in [5.41, 5.74) is 2.13. The minimum Gasteiger partial charge on any atom is -0.482 e. The number of thioether (sulfide) groups is 1. The molecule has 0 atom stereocenters. The molecule has 11 heteroatoms. The van der Waals surface area contributed by atoms with Gasteiger partial charge in [0.2, 0.25) is 5.91 Å². The van der Waals surface area contributed by atoms with E-state index in [1.54, 1.807) is 24.3 Å². The lowest BCUT2D eigenvalue weighted by molar-refractivity contribution is -0.127. The van der Waals surface area contributed by atoms with E-state index in [1.165, 1.54) is 36.4 Å². The highest BCUT2D eigenvalue weighted by atomic mass is 35.5. The topological polar surface area (TPSA) is 105 Å². The lowest BCUT2D eigenvalue weighted by Crippen LogP contribution is -2.36. The number of para-hydroxylation sites is 1. The molecule has 0 aliphatic carbocycles. The number of anilines is 2. The average molecular weight is 554 g/mol. The SMILES string of the molecule is Cc1ccc(NC(=O)CN2C(=O)S/C(=C\c3ccc(OCC(=O)Nc4ccccc4F)c(Cl)c3)C2=O)cc1. The fourth-order valence-electron chi connectivity index (χ4n) is 3.38. The van der Waals surface area contributed by atoms with Gasteiger partial charge in [-0.25, -0.2) is 4.39 Å². The Kier molecular flexibility index (Phi) is 8.45. The van der Waals surface area contributed by atoms with Crippen LogP contribution < -0.4 is 15.4 Å². The Morgan fingerprint density at radius 3 is 2.47 bits per heavy atom. The molecule has 1 aliphatic rings. The van der Waals surface area contributed by atoms with Crippen molar-refractivity contribution in [3.8, 4) is 5.75 Å². The highest BCUT2D eigenvalue weighted by Gasteiger charge is 2.36. The van der Waals surface area contributed by atoms with Gasteiger partial charge in [-0.15, -0.1) is 0 Å². The molecule has 3 aromatic carbocycles. The molecule has 1 heterocycles. The number of ether oxygens (including phenoxy) is 1. The molecule has 194 valence electrons. The number of hydrogen-bond donors (Lipinski definition) is 2. The first-order valence-electron chi connectivity index (χ1n) is 11.3. The number of nitrogens with one attached hydrogen (secondary N) is 2. The minimum atomic E-state index is -0.597. The fourth-order valence-corrected chi connectivity index (χ4v) is 4.47. The zero-order chi connectivity index (χ0) is 27.2. The lowest BCUT2D eigenvalue weighted by atomic mass is 10.2. The first-order chi connectivity index (χ1) is 18.2. The van der Waals surface area contributed by atoms with Gasteiger partial charge in [-0.05, 0) is 66.7 Å². The first kappa shape index (κ1) is 26.9.